The molecule has 1 aliphatic carbocycles. The van der Waals surface area contributed by atoms with Gasteiger partial charge in [0.1, 0.15) is 0 Å². The van der Waals surface area contributed by atoms with Gasteiger partial charge in [0.25, 0.3) is 0 Å². The van der Waals surface area contributed by atoms with E-state index in [0.717, 1.165) is 5.69 Å². The largest absolute Gasteiger partial charge is 3.00 e. The fraction of sp³-hybridized carbons (Fsp3) is 0.167. The summed E-state index contributed by atoms with van der Waals surface area (Å²) in [6, 6.07) is 16.9. The van der Waals surface area contributed by atoms with Crippen molar-refractivity contribution in [3.63, 3.8) is 0 Å². The molecule has 2 aromatic carbocycles. The molecule has 0 saturated carbocycles. The summed E-state index contributed by atoms with van der Waals surface area (Å²) in [4.78, 5) is 7.48. The third-order valence-electron chi connectivity index (χ3n) is 4.70. The van der Waals surface area contributed by atoms with Crippen LogP contribution in [0.4, 0.5) is 0 Å². The van der Waals surface area contributed by atoms with Crippen LogP contribution in [0.5, 0.6) is 0 Å². The predicted molar refractivity (Wildman–Crippen MR) is 114 cm³/mol. The minimum atomic E-state index is 0. The topological polar surface area (TPSA) is 12.9 Å². The average molecular weight is 519 g/mol. The maximum Gasteiger partial charge on any atom is 3.00 e. The Kier molecular flexibility index (Phi) is 10.8. The number of rotatable bonds is 2. The van der Waals surface area contributed by atoms with Crippen molar-refractivity contribution in [3.8, 4) is 11.3 Å². The molecule has 0 fully saturated rings. The van der Waals surface area contributed by atoms with Crippen molar-refractivity contribution in [1.82, 2.24) is 4.98 Å². The van der Waals surface area contributed by atoms with Crippen LogP contribution in [0.15, 0.2) is 88.8 Å². The minimum Gasteiger partial charge on any atom is -1.00 e. The van der Waals surface area contributed by atoms with Crippen LogP contribution in [0, 0.1) is 12.8 Å². The van der Waals surface area contributed by atoms with Gasteiger partial charge in [0.05, 0.1) is 0 Å². The van der Waals surface area contributed by atoms with E-state index in [1.54, 1.807) is 0 Å². The van der Waals surface area contributed by atoms with Crippen LogP contribution in [0.3, 0.4) is 0 Å². The van der Waals surface area contributed by atoms with Gasteiger partial charge >= 0.3 is 26.2 Å². The van der Waals surface area contributed by atoms with Gasteiger partial charge in [0.15, 0.2) is 0 Å². The molecule has 5 rings (SSSR count). The van der Waals surface area contributed by atoms with Gasteiger partial charge in [-0.1, -0.05) is 73.3 Å². The molecule has 1 nitrogen and oxygen atoms in total. The van der Waals surface area contributed by atoms with Crippen LogP contribution in [0.1, 0.15) is 18.9 Å². The van der Waals surface area contributed by atoms with Crippen molar-refractivity contribution >= 4 is 22.5 Å². The second-order valence-corrected chi connectivity index (χ2v) is 7.86. The third kappa shape index (κ3) is 6.25. The average Bonchev–Trinajstić information content (AvgIpc) is 3.36. The van der Waals surface area contributed by atoms with E-state index in [-0.39, 0.29) is 51.0 Å². The molecule has 1 aromatic heterocycles. The number of allylic oxidation sites excluding steroid dienone is 6. The molecule has 5 heteroatoms. The molecule has 0 N–H and O–H groups in total. The van der Waals surface area contributed by atoms with Crippen molar-refractivity contribution in [1.29, 1.82) is 0 Å². The minimum absolute atomic E-state index is 0. The third-order valence-corrected chi connectivity index (χ3v) is 6.03. The van der Waals surface area contributed by atoms with Crippen molar-refractivity contribution < 1.29 is 51.0 Å². The summed E-state index contributed by atoms with van der Waals surface area (Å²) in [5, 5.41) is 2.56. The Labute approximate surface area is 209 Å². The Morgan fingerprint density at radius 2 is 1.90 bits per heavy atom. The van der Waals surface area contributed by atoms with E-state index < -0.39 is 0 Å². The number of pyridine rings is 1. The van der Waals surface area contributed by atoms with Crippen LogP contribution < -0.4 is 24.8 Å². The van der Waals surface area contributed by atoms with Crippen molar-refractivity contribution in [2.24, 2.45) is 5.92 Å². The number of nitrogens with zero attached hydrogens (tertiary/aromatic N) is 1. The van der Waals surface area contributed by atoms with Crippen molar-refractivity contribution in [2.45, 2.75) is 20.3 Å². The van der Waals surface area contributed by atoms with Gasteiger partial charge in [-0.25, -0.2) is 0 Å². The second kappa shape index (κ2) is 12.0. The van der Waals surface area contributed by atoms with E-state index >= 15 is 0 Å². The number of thioether (sulfide) groups is 1. The molecule has 2 aliphatic rings. The molecule has 29 heavy (non-hydrogen) atoms. The van der Waals surface area contributed by atoms with Gasteiger partial charge in [0, 0.05) is 22.7 Å². The van der Waals surface area contributed by atoms with Crippen LogP contribution in [-0.4, -0.2) is 4.98 Å². The zero-order valence-electron chi connectivity index (χ0n) is 16.4. The Bertz CT molecular complexity index is 986. The van der Waals surface area contributed by atoms with E-state index in [9.17, 15) is 0 Å². The number of fused-ring (bicyclic) bond motifs is 2. The summed E-state index contributed by atoms with van der Waals surface area (Å²) in [5.74, 6) is 0.639. The molecule has 1 radical (unpaired) electrons. The standard InChI is InChI=1S/C15H12N.C9H10S.2ClH.Zr/c1-11-6-7-15(16-10-11)14-8-12-4-2-3-5-13(12)9-14;1-2-8-6-7-4-3-5-9(7)10-8;;;/h2-10H,1H3;3-7H,2H2,1H3;2*1H;/q-1;;;;+3/p-2. The number of aryl methyl sites for hydroxylation is 1. The normalized spacial score (nSPS) is 15.7. The van der Waals surface area contributed by atoms with E-state index in [0.29, 0.717) is 5.92 Å². The summed E-state index contributed by atoms with van der Waals surface area (Å²) >= 11 is 1.94. The first-order valence-electron chi connectivity index (χ1n) is 9.08. The number of hydrogen-bond acceptors (Lipinski definition) is 2. The molecule has 0 amide bonds. The Balaban J connectivity index is 0.000000285. The van der Waals surface area contributed by atoms with Crippen LogP contribution in [-0.2, 0) is 26.2 Å². The van der Waals surface area contributed by atoms with Crippen molar-refractivity contribution in [2.75, 3.05) is 0 Å². The van der Waals surface area contributed by atoms with Gasteiger partial charge in [-0.15, -0.1) is 34.5 Å². The number of benzene rings is 1. The van der Waals surface area contributed by atoms with Gasteiger partial charge in [-0.3, -0.25) is 4.98 Å². The molecular weight excluding hydrogens is 496 g/mol. The van der Waals surface area contributed by atoms with Gasteiger partial charge < -0.3 is 24.8 Å². The van der Waals surface area contributed by atoms with E-state index in [2.05, 4.69) is 91.7 Å². The first-order chi connectivity index (χ1) is 12.7. The quantitative estimate of drug-likeness (QED) is 0.471. The summed E-state index contributed by atoms with van der Waals surface area (Å²) in [6.45, 7) is 4.27. The summed E-state index contributed by atoms with van der Waals surface area (Å²) in [5.41, 5.74) is 3.43. The van der Waals surface area contributed by atoms with Crippen LogP contribution in [0.2, 0.25) is 0 Å². The van der Waals surface area contributed by atoms with E-state index in [1.165, 1.54) is 38.1 Å². The number of halogens is 2. The SMILES string of the molecule is CCC1=CC2C=CC=C2S1.Cc1ccc(-c2cc3ccccc3[cH-]2)nc1.[Cl-].[Cl-].[Zr+3]. The molecule has 0 bridgehead atoms. The molecule has 2 heterocycles. The summed E-state index contributed by atoms with van der Waals surface area (Å²) in [7, 11) is 0. The monoisotopic (exact) mass is 516 g/mol. The molecule has 0 spiro atoms. The van der Waals surface area contributed by atoms with Crippen LogP contribution in [0.25, 0.3) is 22.0 Å². The molecule has 147 valence electrons. The summed E-state index contributed by atoms with van der Waals surface area (Å²) in [6.07, 6.45) is 12.1. The smallest absolute Gasteiger partial charge is 1.00 e. The molecule has 1 atom stereocenters. The number of hydrogen-bond donors (Lipinski definition) is 0. The Morgan fingerprint density at radius 3 is 2.55 bits per heavy atom. The maximum atomic E-state index is 4.44. The van der Waals surface area contributed by atoms with E-state index in [4.69, 9.17) is 0 Å². The fourth-order valence-corrected chi connectivity index (χ4v) is 4.32. The molecule has 3 aromatic rings. The predicted octanol–water partition coefficient (Wildman–Crippen LogP) is 1.03. The second-order valence-electron chi connectivity index (χ2n) is 6.66. The molecule has 0 saturated heterocycles. The molecule has 1 unspecified atom stereocenters. The van der Waals surface area contributed by atoms with Crippen molar-refractivity contribution in [3.05, 3.63) is 94.4 Å². The Hall–Kier alpha value is -0.987. The van der Waals surface area contributed by atoms with Gasteiger partial charge in [-0.2, -0.15) is 0 Å². The zero-order valence-corrected chi connectivity index (χ0v) is 21.2. The Morgan fingerprint density at radius 1 is 1.10 bits per heavy atom. The molecular formula is C24H22Cl2NSZr. The zero-order chi connectivity index (χ0) is 17.9. The number of aromatic nitrogens is 1. The summed E-state index contributed by atoms with van der Waals surface area (Å²) < 4.78 is 0. The first-order valence-corrected chi connectivity index (χ1v) is 9.90. The van der Waals surface area contributed by atoms with Gasteiger partial charge in [0.2, 0.25) is 0 Å². The fourth-order valence-electron chi connectivity index (χ4n) is 3.23. The van der Waals surface area contributed by atoms with Crippen LogP contribution >= 0.6 is 11.8 Å². The molecule has 1 aliphatic heterocycles. The first kappa shape index (κ1) is 26.0. The maximum absolute atomic E-state index is 4.44. The van der Waals surface area contributed by atoms with E-state index in [1.807, 2.05) is 18.0 Å². The van der Waals surface area contributed by atoms with Gasteiger partial charge in [-0.05, 0) is 23.8 Å².